The van der Waals surface area contributed by atoms with E-state index in [1.54, 1.807) is 0 Å². The molecule has 2 aromatic rings. The first-order valence-electron chi connectivity index (χ1n) is 5.78. The first-order chi connectivity index (χ1) is 9.61. The van der Waals surface area contributed by atoms with Crippen molar-refractivity contribution in [3.63, 3.8) is 0 Å². The van der Waals surface area contributed by atoms with E-state index in [1.165, 1.54) is 30.3 Å². The van der Waals surface area contributed by atoms with E-state index >= 15 is 0 Å². The summed E-state index contributed by atoms with van der Waals surface area (Å²) in [6.45, 7) is 0. The van der Waals surface area contributed by atoms with Crippen LogP contribution >= 0.6 is 0 Å². The molecule has 0 fully saturated rings. The Morgan fingerprint density at radius 2 is 1.65 bits per heavy atom. The third-order valence-corrected chi connectivity index (χ3v) is 2.70. The molecule has 20 heavy (non-hydrogen) atoms. The zero-order valence-electron chi connectivity index (χ0n) is 10.3. The Labute approximate surface area is 114 Å². The molecule has 0 spiro atoms. The third-order valence-electron chi connectivity index (χ3n) is 2.70. The SMILES string of the molecule is N#Cc1ccc(C(=O)/C=C/c2c(F)cccc2F)cc1. The molecule has 0 unspecified atom stereocenters. The second kappa shape index (κ2) is 5.89. The molecule has 0 amide bonds. The van der Waals surface area contributed by atoms with Gasteiger partial charge in [-0.3, -0.25) is 4.79 Å². The number of ketones is 1. The van der Waals surface area contributed by atoms with Crippen molar-refractivity contribution in [3.05, 3.63) is 76.9 Å². The first-order valence-corrected chi connectivity index (χ1v) is 5.78. The summed E-state index contributed by atoms with van der Waals surface area (Å²) in [6, 6.07) is 11.4. The minimum Gasteiger partial charge on any atom is -0.289 e. The maximum Gasteiger partial charge on any atom is 0.185 e. The van der Waals surface area contributed by atoms with Crippen molar-refractivity contribution in [2.75, 3.05) is 0 Å². The number of nitriles is 1. The summed E-state index contributed by atoms with van der Waals surface area (Å²) in [4.78, 5) is 11.8. The van der Waals surface area contributed by atoms with Gasteiger partial charge >= 0.3 is 0 Å². The van der Waals surface area contributed by atoms with Gasteiger partial charge in [0.25, 0.3) is 0 Å². The topological polar surface area (TPSA) is 40.9 Å². The molecule has 0 aliphatic heterocycles. The van der Waals surface area contributed by atoms with Gasteiger partial charge in [-0.2, -0.15) is 5.26 Å². The summed E-state index contributed by atoms with van der Waals surface area (Å²) < 4.78 is 26.7. The lowest BCUT2D eigenvalue weighted by atomic mass is 10.1. The highest BCUT2D eigenvalue weighted by molar-refractivity contribution is 6.06. The number of carbonyl (C=O) groups is 1. The van der Waals surface area contributed by atoms with Crippen molar-refractivity contribution in [1.82, 2.24) is 0 Å². The van der Waals surface area contributed by atoms with Crippen LogP contribution in [-0.4, -0.2) is 5.78 Å². The molecule has 2 rings (SSSR count). The molecule has 98 valence electrons. The maximum atomic E-state index is 13.4. The molecule has 0 saturated carbocycles. The molecule has 0 atom stereocenters. The molecular weight excluding hydrogens is 260 g/mol. The molecule has 2 aromatic carbocycles. The summed E-state index contributed by atoms with van der Waals surface area (Å²) >= 11 is 0. The van der Waals surface area contributed by atoms with Crippen LogP contribution in [0.15, 0.2) is 48.5 Å². The van der Waals surface area contributed by atoms with E-state index in [2.05, 4.69) is 0 Å². The first kappa shape index (κ1) is 13.6. The molecule has 0 aliphatic rings. The predicted molar refractivity (Wildman–Crippen MR) is 70.9 cm³/mol. The van der Waals surface area contributed by atoms with E-state index < -0.39 is 17.4 Å². The van der Waals surface area contributed by atoms with Gasteiger partial charge in [-0.1, -0.05) is 6.07 Å². The normalized spacial score (nSPS) is 10.4. The van der Waals surface area contributed by atoms with Crippen LogP contribution in [-0.2, 0) is 0 Å². The quantitative estimate of drug-likeness (QED) is 0.629. The van der Waals surface area contributed by atoms with Crippen molar-refractivity contribution in [2.45, 2.75) is 0 Å². The van der Waals surface area contributed by atoms with Crippen molar-refractivity contribution in [2.24, 2.45) is 0 Å². The number of benzene rings is 2. The van der Waals surface area contributed by atoms with Crippen LogP contribution in [0.3, 0.4) is 0 Å². The van der Waals surface area contributed by atoms with E-state index in [-0.39, 0.29) is 5.56 Å². The molecule has 0 aliphatic carbocycles. The Bertz CT molecular complexity index is 692. The molecule has 0 N–H and O–H groups in total. The number of allylic oxidation sites excluding steroid dienone is 1. The van der Waals surface area contributed by atoms with Crippen LogP contribution in [0.1, 0.15) is 21.5 Å². The molecule has 0 bridgehead atoms. The minimum absolute atomic E-state index is 0.255. The van der Waals surface area contributed by atoms with Crippen LogP contribution in [0, 0.1) is 23.0 Å². The lowest BCUT2D eigenvalue weighted by Crippen LogP contribution is -1.95. The fourth-order valence-corrected chi connectivity index (χ4v) is 1.63. The summed E-state index contributed by atoms with van der Waals surface area (Å²) in [5, 5.41) is 8.65. The van der Waals surface area contributed by atoms with Gasteiger partial charge in [0.05, 0.1) is 11.6 Å². The number of nitrogens with zero attached hydrogens (tertiary/aromatic N) is 1. The number of carbonyl (C=O) groups excluding carboxylic acids is 1. The highest BCUT2D eigenvalue weighted by Crippen LogP contribution is 2.14. The monoisotopic (exact) mass is 269 g/mol. The largest absolute Gasteiger partial charge is 0.289 e. The fraction of sp³-hybridized carbons (Fsp3) is 0. The fourth-order valence-electron chi connectivity index (χ4n) is 1.63. The lowest BCUT2D eigenvalue weighted by molar-refractivity contribution is 0.104. The average Bonchev–Trinajstić information content (AvgIpc) is 2.46. The van der Waals surface area contributed by atoms with Crippen LogP contribution in [0.2, 0.25) is 0 Å². The van der Waals surface area contributed by atoms with E-state index in [0.29, 0.717) is 11.1 Å². The Kier molecular flexibility index (Phi) is 4.02. The van der Waals surface area contributed by atoms with Gasteiger partial charge in [0, 0.05) is 11.1 Å². The second-order valence-corrected chi connectivity index (χ2v) is 4.02. The van der Waals surface area contributed by atoms with Gasteiger partial charge in [0.1, 0.15) is 11.6 Å². The van der Waals surface area contributed by atoms with E-state index in [9.17, 15) is 13.6 Å². The lowest BCUT2D eigenvalue weighted by Gasteiger charge is -1.99. The maximum absolute atomic E-state index is 13.4. The van der Waals surface area contributed by atoms with E-state index in [4.69, 9.17) is 5.26 Å². The number of rotatable bonds is 3. The van der Waals surface area contributed by atoms with Gasteiger partial charge < -0.3 is 0 Å². The van der Waals surface area contributed by atoms with Gasteiger partial charge in [0.15, 0.2) is 5.78 Å². The summed E-state index contributed by atoms with van der Waals surface area (Å²) in [6.07, 6.45) is 2.20. The molecular formula is C16H9F2NO. The molecule has 0 radical (unpaired) electrons. The van der Waals surface area contributed by atoms with E-state index in [1.807, 2.05) is 6.07 Å². The van der Waals surface area contributed by atoms with Gasteiger partial charge in [0.2, 0.25) is 0 Å². The van der Waals surface area contributed by atoms with Gasteiger partial charge in [-0.15, -0.1) is 0 Å². The van der Waals surface area contributed by atoms with Crippen molar-refractivity contribution < 1.29 is 13.6 Å². The van der Waals surface area contributed by atoms with E-state index in [0.717, 1.165) is 24.3 Å². The zero-order chi connectivity index (χ0) is 14.5. The van der Waals surface area contributed by atoms with Gasteiger partial charge in [-0.05, 0) is 48.6 Å². The smallest absolute Gasteiger partial charge is 0.185 e. The van der Waals surface area contributed by atoms with Crippen LogP contribution in [0.25, 0.3) is 6.08 Å². The summed E-state index contributed by atoms with van der Waals surface area (Å²) in [7, 11) is 0. The average molecular weight is 269 g/mol. The van der Waals surface area contributed by atoms with Crippen LogP contribution < -0.4 is 0 Å². The predicted octanol–water partition coefficient (Wildman–Crippen LogP) is 3.73. The molecule has 0 aromatic heterocycles. The number of halogens is 2. The highest BCUT2D eigenvalue weighted by Gasteiger charge is 2.06. The Morgan fingerprint density at radius 1 is 1.05 bits per heavy atom. The summed E-state index contributed by atoms with van der Waals surface area (Å²) in [5.74, 6) is -1.85. The van der Waals surface area contributed by atoms with Gasteiger partial charge in [-0.25, -0.2) is 8.78 Å². The Morgan fingerprint density at radius 3 is 2.20 bits per heavy atom. The second-order valence-electron chi connectivity index (χ2n) is 4.02. The third kappa shape index (κ3) is 2.96. The standard InChI is InChI=1S/C16H9F2NO/c17-14-2-1-3-15(18)13(14)8-9-16(20)12-6-4-11(10-19)5-7-12/h1-9H/b9-8+. The molecule has 0 heterocycles. The molecule has 4 heteroatoms. The van der Waals surface area contributed by atoms with Crippen molar-refractivity contribution in [1.29, 1.82) is 5.26 Å². The minimum atomic E-state index is -0.728. The molecule has 2 nitrogen and oxygen atoms in total. The molecule has 0 saturated heterocycles. The summed E-state index contributed by atoms with van der Waals surface area (Å²) in [5.41, 5.74) is 0.525. The zero-order valence-corrected chi connectivity index (χ0v) is 10.3. The van der Waals surface area contributed by atoms with Crippen molar-refractivity contribution >= 4 is 11.9 Å². The van der Waals surface area contributed by atoms with Crippen LogP contribution in [0.4, 0.5) is 8.78 Å². The number of hydrogen-bond acceptors (Lipinski definition) is 2. The Balaban J connectivity index is 2.23. The van der Waals surface area contributed by atoms with Crippen LogP contribution in [0.5, 0.6) is 0 Å². The van der Waals surface area contributed by atoms with Crippen molar-refractivity contribution in [3.8, 4) is 6.07 Å². The number of hydrogen-bond donors (Lipinski definition) is 0. The Hall–Kier alpha value is -2.80. The highest BCUT2D eigenvalue weighted by atomic mass is 19.1.